The predicted octanol–water partition coefficient (Wildman–Crippen LogP) is -0.0546. The zero-order valence-electron chi connectivity index (χ0n) is 8.45. The van der Waals surface area contributed by atoms with Gasteiger partial charge < -0.3 is 4.74 Å². The lowest BCUT2D eigenvalue weighted by molar-refractivity contribution is 0.403. The van der Waals surface area contributed by atoms with E-state index in [1.807, 2.05) is 0 Å². The zero-order chi connectivity index (χ0) is 12.3. The molecule has 0 aliphatic heterocycles. The number of rotatable bonds is 2. The van der Waals surface area contributed by atoms with Crippen molar-refractivity contribution in [2.24, 2.45) is 11.0 Å². The third-order valence-electron chi connectivity index (χ3n) is 1.81. The maximum absolute atomic E-state index is 11.0. The van der Waals surface area contributed by atoms with E-state index in [4.69, 9.17) is 27.9 Å². The normalized spacial score (nSPS) is 10.9. The van der Waals surface area contributed by atoms with E-state index < -0.39 is 10.0 Å². The second kappa shape index (κ2) is 4.74. The van der Waals surface area contributed by atoms with Crippen molar-refractivity contribution in [3.63, 3.8) is 0 Å². The number of benzene rings is 1. The van der Waals surface area contributed by atoms with Crippen molar-refractivity contribution in [3.8, 4) is 0 Å². The topological polar surface area (TPSA) is 98.7 Å². The van der Waals surface area contributed by atoms with Crippen LogP contribution in [0.5, 0.6) is 0 Å². The van der Waals surface area contributed by atoms with Gasteiger partial charge in [0.1, 0.15) is 0 Å². The Kier molecular flexibility index (Phi) is 3.81. The summed E-state index contributed by atoms with van der Waals surface area (Å²) >= 11 is 4.80. The summed E-state index contributed by atoms with van der Waals surface area (Å²) in [7, 11) is -2.30. The fourth-order valence-corrected chi connectivity index (χ4v) is 1.62. The van der Waals surface area contributed by atoms with Crippen molar-refractivity contribution in [2.45, 2.75) is 4.90 Å². The van der Waals surface area contributed by atoms with Crippen LogP contribution in [0.2, 0.25) is 0 Å². The zero-order valence-corrected chi connectivity index (χ0v) is 10.1. The van der Waals surface area contributed by atoms with Crippen LogP contribution in [0.4, 0.5) is 5.69 Å². The number of nitrogens with zero attached hydrogens (tertiary/aromatic N) is 1. The summed E-state index contributed by atoms with van der Waals surface area (Å²) in [6, 6.07) is 5.63. The van der Waals surface area contributed by atoms with Gasteiger partial charge in [0, 0.05) is 0 Å². The second-order valence-corrected chi connectivity index (χ2v) is 4.79. The molecule has 1 aromatic rings. The highest BCUT2D eigenvalue weighted by Crippen LogP contribution is 2.15. The van der Waals surface area contributed by atoms with Gasteiger partial charge in [-0.25, -0.2) is 24.4 Å². The van der Waals surface area contributed by atoms with Gasteiger partial charge >= 0.3 is 0 Å². The number of hydrazine groups is 1. The third-order valence-corrected chi connectivity index (χ3v) is 3.11. The lowest BCUT2D eigenvalue weighted by Crippen LogP contribution is -2.37. The second-order valence-electron chi connectivity index (χ2n) is 2.88. The smallest absolute Gasteiger partial charge is 0.278 e. The van der Waals surface area contributed by atoms with Gasteiger partial charge in [0.15, 0.2) is 0 Å². The molecule has 1 rings (SSSR count). The van der Waals surface area contributed by atoms with E-state index in [9.17, 15) is 8.42 Å². The molecule has 0 saturated carbocycles. The van der Waals surface area contributed by atoms with Gasteiger partial charge in [-0.3, -0.25) is 0 Å². The van der Waals surface area contributed by atoms with Crippen LogP contribution in [0.3, 0.4) is 0 Å². The van der Waals surface area contributed by atoms with E-state index in [-0.39, 0.29) is 10.1 Å². The highest BCUT2D eigenvalue weighted by atomic mass is 32.2. The number of nitrogens with two attached hydrogens (primary N) is 2. The molecule has 0 aliphatic rings. The van der Waals surface area contributed by atoms with Gasteiger partial charge in [-0.15, -0.1) is 0 Å². The average Bonchev–Trinajstić information content (AvgIpc) is 2.26. The van der Waals surface area contributed by atoms with E-state index in [1.165, 1.54) is 31.4 Å². The molecule has 0 amide bonds. The molecule has 0 aliphatic carbocycles. The first-order valence-corrected chi connectivity index (χ1v) is 6.07. The van der Waals surface area contributed by atoms with Crippen molar-refractivity contribution < 1.29 is 13.2 Å². The molecule has 8 heteroatoms. The Balaban J connectivity index is 3.00. The first kappa shape index (κ1) is 12.8. The Bertz CT molecular complexity index is 484. The van der Waals surface area contributed by atoms with Crippen molar-refractivity contribution in [1.29, 1.82) is 0 Å². The Hall–Kier alpha value is -1.22. The van der Waals surface area contributed by atoms with Gasteiger partial charge in [-0.1, -0.05) is 0 Å². The molecule has 16 heavy (non-hydrogen) atoms. The molecule has 0 bridgehead atoms. The first-order chi connectivity index (χ1) is 7.36. The average molecular weight is 261 g/mol. The third kappa shape index (κ3) is 2.89. The van der Waals surface area contributed by atoms with Crippen LogP contribution >= 0.6 is 12.2 Å². The molecule has 0 spiro atoms. The molecule has 1 aromatic carbocycles. The molecule has 0 atom stereocenters. The van der Waals surface area contributed by atoms with Gasteiger partial charge in [-0.2, -0.15) is 0 Å². The summed E-state index contributed by atoms with van der Waals surface area (Å²) in [5.74, 6) is 5.59. The minimum atomic E-state index is -3.69. The highest BCUT2D eigenvalue weighted by Gasteiger charge is 2.10. The number of sulfonamides is 1. The van der Waals surface area contributed by atoms with E-state index in [2.05, 4.69) is 0 Å². The van der Waals surface area contributed by atoms with Crippen LogP contribution in [0.25, 0.3) is 0 Å². The Morgan fingerprint density at radius 1 is 1.38 bits per heavy atom. The largest absolute Gasteiger partial charge is 0.473 e. The standard InChI is InChI=1S/C8H11N3O3S2/c1-14-8(15)11(9)6-2-4-7(5-3-6)16(10,12)13/h2-5H,9H2,1H3,(H2,10,12,13). The molecule has 88 valence electrons. The summed E-state index contributed by atoms with van der Waals surface area (Å²) in [6.07, 6.45) is 0. The van der Waals surface area contributed by atoms with Crippen molar-refractivity contribution >= 4 is 33.1 Å². The van der Waals surface area contributed by atoms with Crippen LogP contribution < -0.4 is 16.0 Å². The molecule has 4 N–H and O–H groups in total. The van der Waals surface area contributed by atoms with E-state index in [0.717, 1.165) is 5.01 Å². The summed E-state index contributed by atoms with van der Waals surface area (Å²) in [5, 5.41) is 6.13. The molecule has 0 aromatic heterocycles. The summed E-state index contributed by atoms with van der Waals surface area (Å²) in [6.45, 7) is 0. The molecular formula is C8H11N3O3S2. The molecule has 0 radical (unpaired) electrons. The van der Waals surface area contributed by atoms with Crippen molar-refractivity contribution in [1.82, 2.24) is 0 Å². The van der Waals surface area contributed by atoms with Gasteiger partial charge in [-0.05, 0) is 36.5 Å². The van der Waals surface area contributed by atoms with Crippen LogP contribution in [0.1, 0.15) is 0 Å². The van der Waals surface area contributed by atoms with Crippen LogP contribution in [0, 0.1) is 0 Å². The highest BCUT2D eigenvalue weighted by molar-refractivity contribution is 7.89. The maximum atomic E-state index is 11.0. The number of anilines is 1. The minimum Gasteiger partial charge on any atom is -0.473 e. The fraction of sp³-hybridized carbons (Fsp3) is 0.125. The molecule has 0 fully saturated rings. The number of thiocarbonyl (C=S) groups is 1. The molecule has 0 saturated heterocycles. The monoisotopic (exact) mass is 261 g/mol. The van der Waals surface area contributed by atoms with E-state index >= 15 is 0 Å². The lowest BCUT2D eigenvalue weighted by Gasteiger charge is -2.17. The number of ether oxygens (including phenoxy) is 1. The van der Waals surface area contributed by atoms with Gasteiger partial charge in [0.05, 0.1) is 17.7 Å². The number of primary sulfonamides is 1. The summed E-state index contributed by atoms with van der Waals surface area (Å²) in [5.41, 5.74) is 0.499. The quantitative estimate of drug-likeness (QED) is 0.440. The molecule has 6 nitrogen and oxygen atoms in total. The first-order valence-electron chi connectivity index (χ1n) is 4.12. The molecule has 0 heterocycles. The van der Waals surface area contributed by atoms with Gasteiger partial charge in [0.25, 0.3) is 5.17 Å². The Morgan fingerprint density at radius 2 is 1.88 bits per heavy atom. The number of methoxy groups -OCH3 is 1. The summed E-state index contributed by atoms with van der Waals surface area (Å²) < 4.78 is 26.7. The Labute approximate surface area is 98.8 Å². The molecular weight excluding hydrogens is 250 g/mol. The molecule has 0 unspecified atom stereocenters. The van der Waals surface area contributed by atoms with Gasteiger partial charge in [0.2, 0.25) is 10.0 Å². The maximum Gasteiger partial charge on any atom is 0.278 e. The minimum absolute atomic E-state index is 0.00739. The van der Waals surface area contributed by atoms with Crippen molar-refractivity contribution in [3.05, 3.63) is 24.3 Å². The Morgan fingerprint density at radius 3 is 2.25 bits per heavy atom. The summed E-state index contributed by atoms with van der Waals surface area (Å²) in [4.78, 5) is 0.00739. The SMILES string of the molecule is COC(=S)N(N)c1ccc(S(N)(=O)=O)cc1. The van der Waals surface area contributed by atoms with Crippen LogP contribution in [0.15, 0.2) is 29.2 Å². The van der Waals surface area contributed by atoms with Crippen molar-refractivity contribution in [2.75, 3.05) is 12.1 Å². The lowest BCUT2D eigenvalue weighted by atomic mass is 10.3. The van der Waals surface area contributed by atoms with Crippen LogP contribution in [-0.2, 0) is 14.8 Å². The number of hydrogen-bond donors (Lipinski definition) is 2. The van der Waals surface area contributed by atoms with E-state index in [1.54, 1.807) is 0 Å². The van der Waals surface area contributed by atoms with E-state index in [0.29, 0.717) is 5.69 Å². The fourth-order valence-electron chi connectivity index (χ4n) is 1.00. The number of hydrogen-bond acceptors (Lipinski definition) is 5. The van der Waals surface area contributed by atoms with Crippen LogP contribution in [-0.4, -0.2) is 20.7 Å². The predicted molar refractivity (Wildman–Crippen MR) is 64.1 cm³/mol.